The van der Waals surface area contributed by atoms with Crippen LogP contribution in [-0.4, -0.2) is 19.5 Å². The molecule has 0 radical (unpaired) electrons. The molecule has 0 fully saturated rings. The maximum absolute atomic E-state index is 5.27. The van der Waals surface area contributed by atoms with E-state index in [1.54, 1.807) is 0 Å². The van der Waals surface area contributed by atoms with E-state index in [2.05, 4.69) is 193 Å². The maximum atomic E-state index is 5.27. The van der Waals surface area contributed by atoms with Crippen LogP contribution in [-0.2, 0) is 0 Å². The van der Waals surface area contributed by atoms with E-state index in [4.69, 9.17) is 15.0 Å². The molecule has 0 aliphatic heterocycles. The molecule has 3 aromatic heterocycles. The summed E-state index contributed by atoms with van der Waals surface area (Å²) in [5, 5.41) is 7.57. The van der Waals surface area contributed by atoms with E-state index in [-0.39, 0.29) is 0 Å². The summed E-state index contributed by atoms with van der Waals surface area (Å²) >= 11 is 1.85. The van der Waals surface area contributed by atoms with E-state index < -0.39 is 0 Å². The highest BCUT2D eigenvalue weighted by atomic mass is 32.1. The predicted octanol–water partition coefficient (Wildman–Crippen LogP) is 14.8. The lowest BCUT2D eigenvalue weighted by atomic mass is 9.99. The Bertz CT molecular complexity index is 3550. The molecule has 12 aromatic rings. The zero-order valence-electron chi connectivity index (χ0n) is 32.3. The monoisotopic (exact) mass is 782 g/mol. The summed E-state index contributed by atoms with van der Waals surface area (Å²) in [6.07, 6.45) is 0. The number of nitrogens with zero attached hydrogens (tertiary/aromatic N) is 4. The fourth-order valence-corrected chi connectivity index (χ4v) is 9.92. The highest BCUT2D eigenvalue weighted by molar-refractivity contribution is 7.26. The van der Waals surface area contributed by atoms with E-state index in [0.717, 1.165) is 55.7 Å². The van der Waals surface area contributed by atoms with Gasteiger partial charge in [0.1, 0.15) is 0 Å². The van der Waals surface area contributed by atoms with Crippen LogP contribution in [0.5, 0.6) is 0 Å². The summed E-state index contributed by atoms with van der Waals surface area (Å²) in [6.45, 7) is 0. The predicted molar refractivity (Wildman–Crippen MR) is 252 cm³/mol. The van der Waals surface area contributed by atoms with Crippen LogP contribution in [0.4, 0.5) is 0 Å². The van der Waals surface area contributed by atoms with Crippen LogP contribution in [0.25, 0.3) is 115 Å². The topological polar surface area (TPSA) is 43.6 Å². The van der Waals surface area contributed by atoms with Crippen molar-refractivity contribution in [3.8, 4) is 62.1 Å². The average Bonchev–Trinajstić information content (AvgIpc) is 3.88. The molecule has 3 heterocycles. The van der Waals surface area contributed by atoms with Crippen LogP contribution in [0.3, 0.4) is 0 Å². The van der Waals surface area contributed by atoms with Gasteiger partial charge in [-0.05, 0) is 69.9 Å². The lowest BCUT2D eigenvalue weighted by Gasteiger charge is -2.16. The Labute approximate surface area is 350 Å². The first-order chi connectivity index (χ1) is 29.7. The van der Waals surface area contributed by atoms with Gasteiger partial charge in [-0.2, -0.15) is 0 Å². The minimum Gasteiger partial charge on any atom is -0.309 e. The molecule has 0 unspecified atom stereocenters. The zero-order chi connectivity index (χ0) is 39.6. The maximum Gasteiger partial charge on any atom is 0.164 e. The number of hydrogen-bond acceptors (Lipinski definition) is 4. The van der Waals surface area contributed by atoms with Crippen LogP contribution in [0.15, 0.2) is 206 Å². The molecule has 0 aliphatic carbocycles. The first-order valence-electron chi connectivity index (χ1n) is 20.2. The molecule has 0 saturated carbocycles. The Hall–Kier alpha value is -7.73. The van der Waals surface area contributed by atoms with Crippen molar-refractivity contribution in [2.24, 2.45) is 0 Å². The number of rotatable bonds is 6. The first-order valence-corrected chi connectivity index (χ1v) is 21.0. The molecule has 0 saturated heterocycles. The van der Waals surface area contributed by atoms with E-state index in [0.29, 0.717) is 17.5 Å². The molecule has 0 atom stereocenters. The largest absolute Gasteiger partial charge is 0.309 e. The normalized spacial score (nSPS) is 11.7. The minimum atomic E-state index is 0.615. The Morgan fingerprint density at radius 2 is 0.867 bits per heavy atom. The van der Waals surface area contributed by atoms with Crippen molar-refractivity contribution in [2.45, 2.75) is 0 Å². The molecular formula is C55H34N4S. The third-order valence-corrected chi connectivity index (χ3v) is 12.8. The molecule has 12 rings (SSSR count). The number of thiophene rings is 1. The van der Waals surface area contributed by atoms with Crippen molar-refractivity contribution in [1.82, 2.24) is 19.5 Å². The highest BCUT2D eigenvalue weighted by Crippen LogP contribution is 2.41. The first kappa shape index (κ1) is 34.3. The quantitative estimate of drug-likeness (QED) is 0.169. The molecule has 60 heavy (non-hydrogen) atoms. The average molecular weight is 783 g/mol. The Morgan fingerprint density at radius 1 is 0.333 bits per heavy atom. The summed E-state index contributed by atoms with van der Waals surface area (Å²) in [6, 6.07) is 73.3. The summed E-state index contributed by atoms with van der Waals surface area (Å²) < 4.78 is 4.98. The summed E-state index contributed by atoms with van der Waals surface area (Å²) in [7, 11) is 0. The van der Waals surface area contributed by atoms with Gasteiger partial charge in [0.15, 0.2) is 17.5 Å². The number of hydrogen-bond donors (Lipinski definition) is 0. The summed E-state index contributed by atoms with van der Waals surface area (Å²) in [5.41, 5.74) is 10.7. The molecule has 4 nitrogen and oxygen atoms in total. The Morgan fingerprint density at radius 3 is 1.60 bits per heavy atom. The van der Waals surface area contributed by atoms with Gasteiger partial charge in [-0.25, -0.2) is 15.0 Å². The number of aromatic nitrogens is 4. The van der Waals surface area contributed by atoms with Crippen LogP contribution in [0.1, 0.15) is 0 Å². The van der Waals surface area contributed by atoms with E-state index >= 15 is 0 Å². The van der Waals surface area contributed by atoms with Crippen LogP contribution >= 0.6 is 11.3 Å². The zero-order valence-corrected chi connectivity index (χ0v) is 33.1. The van der Waals surface area contributed by atoms with Crippen molar-refractivity contribution < 1.29 is 0 Å². The molecule has 5 heteroatoms. The van der Waals surface area contributed by atoms with Crippen molar-refractivity contribution >= 4 is 64.1 Å². The van der Waals surface area contributed by atoms with Gasteiger partial charge in [0.25, 0.3) is 0 Å². The molecule has 9 aromatic carbocycles. The van der Waals surface area contributed by atoms with Gasteiger partial charge in [0, 0.05) is 53.2 Å². The van der Waals surface area contributed by atoms with E-state index in [1.165, 1.54) is 41.7 Å². The number of benzene rings is 9. The SMILES string of the molecule is c1ccc(-c2nc(-c3cccc(-c4ccc5sc6ccc7ccccc7c6c5c4)c3)nc(-c3ccc(-c4ccccc4)c(-n4c5ccccc5c5ccccc54)c3)n2)cc1. The molecule has 0 spiro atoms. The molecule has 0 amide bonds. The molecule has 280 valence electrons. The summed E-state index contributed by atoms with van der Waals surface area (Å²) in [5.74, 6) is 1.87. The smallest absolute Gasteiger partial charge is 0.164 e. The Balaban J connectivity index is 1.04. The molecule has 0 aliphatic rings. The summed E-state index contributed by atoms with van der Waals surface area (Å²) in [4.78, 5) is 15.6. The van der Waals surface area contributed by atoms with Crippen molar-refractivity contribution in [2.75, 3.05) is 0 Å². The fraction of sp³-hybridized carbons (Fsp3) is 0. The fourth-order valence-electron chi connectivity index (χ4n) is 8.81. The second-order valence-corrected chi connectivity index (χ2v) is 16.3. The lowest BCUT2D eigenvalue weighted by molar-refractivity contribution is 1.07. The molecule has 0 bridgehead atoms. The van der Waals surface area contributed by atoms with Crippen LogP contribution < -0.4 is 0 Å². The number of fused-ring (bicyclic) bond motifs is 8. The molecule has 0 N–H and O–H groups in total. The van der Waals surface area contributed by atoms with E-state index in [1.807, 2.05) is 29.5 Å². The van der Waals surface area contributed by atoms with Crippen LogP contribution in [0, 0.1) is 0 Å². The van der Waals surface area contributed by atoms with Crippen molar-refractivity contribution in [3.05, 3.63) is 206 Å². The minimum absolute atomic E-state index is 0.615. The van der Waals surface area contributed by atoms with Crippen molar-refractivity contribution in [3.63, 3.8) is 0 Å². The third-order valence-electron chi connectivity index (χ3n) is 11.6. The standard InChI is InChI=1S/C55H34N4S/c1-3-14-35(15-4-1)42-29-26-41(34-49(42)59-47-24-11-9-22-44(47)45-23-10-12-25-48(45)59)55-57-53(37-17-5-2-6-18-37)56-54(58-55)40-20-13-19-38(32-40)39-28-30-50-46(33-39)52-43-21-8-7-16-36(43)27-31-51(52)60-50/h1-34H. The van der Waals surface area contributed by atoms with Crippen molar-refractivity contribution in [1.29, 1.82) is 0 Å². The third kappa shape index (κ3) is 5.70. The second-order valence-electron chi connectivity index (χ2n) is 15.2. The van der Waals surface area contributed by atoms with Gasteiger partial charge in [-0.1, -0.05) is 164 Å². The number of para-hydroxylation sites is 2. The van der Waals surface area contributed by atoms with Gasteiger partial charge in [-0.15, -0.1) is 11.3 Å². The van der Waals surface area contributed by atoms with Gasteiger partial charge in [-0.3, -0.25) is 0 Å². The van der Waals surface area contributed by atoms with E-state index in [9.17, 15) is 0 Å². The highest BCUT2D eigenvalue weighted by Gasteiger charge is 2.19. The molecular weight excluding hydrogens is 749 g/mol. The van der Waals surface area contributed by atoms with Crippen LogP contribution in [0.2, 0.25) is 0 Å². The Kier molecular flexibility index (Phi) is 8.00. The lowest BCUT2D eigenvalue weighted by Crippen LogP contribution is -2.02. The van der Waals surface area contributed by atoms with Gasteiger partial charge >= 0.3 is 0 Å². The van der Waals surface area contributed by atoms with Gasteiger partial charge in [0.2, 0.25) is 0 Å². The second kappa shape index (κ2) is 14.0. The van der Waals surface area contributed by atoms with Gasteiger partial charge < -0.3 is 4.57 Å². The van der Waals surface area contributed by atoms with Gasteiger partial charge in [0.05, 0.1) is 16.7 Å².